The van der Waals surface area contributed by atoms with Gasteiger partial charge in [-0.3, -0.25) is 4.79 Å². The van der Waals surface area contributed by atoms with Crippen LogP contribution < -0.4 is 0 Å². The summed E-state index contributed by atoms with van der Waals surface area (Å²) < 4.78 is 5.38. The van der Waals surface area contributed by atoms with Gasteiger partial charge < -0.3 is 9.64 Å². The van der Waals surface area contributed by atoms with Crippen LogP contribution in [0.5, 0.6) is 0 Å². The molecular formula is C10H16BrNO2. The molecule has 0 N–H and O–H groups in total. The third kappa shape index (κ3) is 1.82. The van der Waals surface area contributed by atoms with Crippen LogP contribution in [0.15, 0.2) is 0 Å². The van der Waals surface area contributed by atoms with Crippen molar-refractivity contribution < 1.29 is 9.53 Å². The van der Waals surface area contributed by atoms with Crippen molar-refractivity contribution in [2.45, 2.75) is 30.6 Å². The lowest BCUT2D eigenvalue weighted by Gasteiger charge is -2.36. The molecule has 14 heavy (non-hydrogen) atoms. The Kier molecular flexibility index (Phi) is 3.12. The molecule has 0 radical (unpaired) electrons. The molecule has 3 nitrogen and oxygen atoms in total. The van der Waals surface area contributed by atoms with E-state index in [1.54, 1.807) is 0 Å². The summed E-state index contributed by atoms with van der Waals surface area (Å²) in [5, 5.41) is 0. The first-order chi connectivity index (χ1) is 6.70. The fraction of sp³-hybridized carbons (Fsp3) is 0.900. The molecule has 0 bridgehead atoms. The Morgan fingerprint density at radius 2 is 2.29 bits per heavy atom. The van der Waals surface area contributed by atoms with Crippen LogP contribution in [-0.4, -0.2) is 41.4 Å². The number of rotatable bonds is 1. The number of hydrogen-bond donors (Lipinski definition) is 0. The normalized spacial score (nSPS) is 39.1. The Labute approximate surface area is 92.9 Å². The van der Waals surface area contributed by atoms with Gasteiger partial charge in [0.15, 0.2) is 0 Å². The zero-order valence-corrected chi connectivity index (χ0v) is 10.00. The van der Waals surface area contributed by atoms with Gasteiger partial charge in [-0.05, 0) is 18.8 Å². The van der Waals surface area contributed by atoms with Crippen LogP contribution in [0, 0.1) is 5.92 Å². The van der Waals surface area contributed by atoms with Crippen molar-refractivity contribution in [1.82, 2.24) is 4.90 Å². The number of halogens is 1. The van der Waals surface area contributed by atoms with Crippen molar-refractivity contribution in [1.29, 1.82) is 0 Å². The van der Waals surface area contributed by atoms with Gasteiger partial charge in [-0.2, -0.15) is 0 Å². The second-order valence-corrected chi connectivity index (χ2v) is 5.30. The smallest absolute Gasteiger partial charge is 0.236 e. The monoisotopic (exact) mass is 261 g/mol. The summed E-state index contributed by atoms with van der Waals surface area (Å²) >= 11 is 3.41. The highest BCUT2D eigenvalue weighted by Gasteiger charge is 2.37. The molecule has 80 valence electrons. The Balaban J connectivity index is 2.03. The Bertz CT molecular complexity index is 234. The highest BCUT2D eigenvalue weighted by molar-refractivity contribution is 9.10. The van der Waals surface area contributed by atoms with Crippen LogP contribution in [0.25, 0.3) is 0 Å². The maximum absolute atomic E-state index is 11.8. The quantitative estimate of drug-likeness (QED) is 0.669. The lowest BCUT2D eigenvalue weighted by atomic mass is 9.96. The third-order valence-electron chi connectivity index (χ3n) is 3.17. The lowest BCUT2D eigenvalue weighted by Crippen LogP contribution is -2.46. The molecule has 0 aliphatic carbocycles. The highest BCUT2D eigenvalue weighted by atomic mass is 79.9. The Hall–Kier alpha value is -0.0900. The van der Waals surface area contributed by atoms with Crippen molar-refractivity contribution in [3.8, 4) is 0 Å². The number of hydrogen-bond acceptors (Lipinski definition) is 2. The molecule has 3 unspecified atom stereocenters. The van der Waals surface area contributed by atoms with E-state index in [4.69, 9.17) is 4.74 Å². The third-order valence-corrected chi connectivity index (χ3v) is 4.02. The summed E-state index contributed by atoms with van der Waals surface area (Å²) in [7, 11) is 0. The van der Waals surface area contributed by atoms with Crippen LogP contribution in [0.2, 0.25) is 0 Å². The molecule has 2 heterocycles. The van der Waals surface area contributed by atoms with E-state index in [0.29, 0.717) is 12.0 Å². The van der Waals surface area contributed by atoms with Crippen LogP contribution in [-0.2, 0) is 9.53 Å². The molecule has 2 fully saturated rings. The lowest BCUT2D eigenvalue weighted by molar-refractivity contribution is -0.132. The second-order valence-electron chi connectivity index (χ2n) is 4.20. The van der Waals surface area contributed by atoms with E-state index in [1.807, 2.05) is 4.90 Å². The number of amides is 1. The van der Waals surface area contributed by atoms with Gasteiger partial charge >= 0.3 is 0 Å². The molecule has 3 atom stereocenters. The Morgan fingerprint density at radius 1 is 1.50 bits per heavy atom. The SMILES string of the molecule is CC1COCCC1N1CCC(Br)C1=O. The van der Waals surface area contributed by atoms with Gasteiger partial charge in [-0.25, -0.2) is 0 Å². The zero-order chi connectivity index (χ0) is 10.1. The second kappa shape index (κ2) is 4.19. The van der Waals surface area contributed by atoms with E-state index in [-0.39, 0.29) is 10.7 Å². The fourth-order valence-electron chi connectivity index (χ4n) is 2.33. The first-order valence-corrected chi connectivity index (χ1v) is 6.14. The fourth-order valence-corrected chi connectivity index (χ4v) is 2.79. The van der Waals surface area contributed by atoms with Gasteiger partial charge in [0.2, 0.25) is 5.91 Å². The molecule has 2 rings (SSSR count). The van der Waals surface area contributed by atoms with Crippen molar-refractivity contribution in [2.75, 3.05) is 19.8 Å². The molecule has 2 aliphatic heterocycles. The average Bonchev–Trinajstić information content (AvgIpc) is 2.49. The zero-order valence-electron chi connectivity index (χ0n) is 8.41. The van der Waals surface area contributed by atoms with E-state index in [9.17, 15) is 4.79 Å². The topological polar surface area (TPSA) is 29.5 Å². The number of nitrogens with zero attached hydrogens (tertiary/aromatic N) is 1. The molecular weight excluding hydrogens is 246 g/mol. The number of carbonyl (C=O) groups is 1. The number of likely N-dealkylation sites (tertiary alicyclic amines) is 1. The van der Waals surface area contributed by atoms with Crippen molar-refractivity contribution in [3.05, 3.63) is 0 Å². The molecule has 0 saturated carbocycles. The van der Waals surface area contributed by atoms with Crippen molar-refractivity contribution >= 4 is 21.8 Å². The molecule has 0 aromatic heterocycles. The van der Waals surface area contributed by atoms with E-state index < -0.39 is 0 Å². The van der Waals surface area contributed by atoms with E-state index in [2.05, 4.69) is 22.9 Å². The molecule has 0 aromatic rings. The number of carbonyl (C=O) groups excluding carboxylic acids is 1. The average molecular weight is 262 g/mol. The first kappa shape index (κ1) is 10.4. The summed E-state index contributed by atoms with van der Waals surface area (Å²) in [5.74, 6) is 0.745. The van der Waals surface area contributed by atoms with Gasteiger partial charge in [-0.15, -0.1) is 0 Å². The predicted octanol–water partition coefficient (Wildman–Crippen LogP) is 1.41. The molecule has 2 saturated heterocycles. The number of alkyl halides is 1. The molecule has 0 aromatic carbocycles. The van der Waals surface area contributed by atoms with Crippen LogP contribution in [0.1, 0.15) is 19.8 Å². The maximum atomic E-state index is 11.8. The molecule has 1 amide bonds. The van der Waals surface area contributed by atoms with Crippen molar-refractivity contribution in [3.63, 3.8) is 0 Å². The first-order valence-electron chi connectivity index (χ1n) is 5.22. The van der Waals surface area contributed by atoms with Crippen LogP contribution in [0.3, 0.4) is 0 Å². The van der Waals surface area contributed by atoms with Gasteiger partial charge in [0, 0.05) is 19.2 Å². The molecule has 4 heteroatoms. The van der Waals surface area contributed by atoms with E-state index >= 15 is 0 Å². The molecule has 0 spiro atoms. The van der Waals surface area contributed by atoms with Gasteiger partial charge in [0.25, 0.3) is 0 Å². The van der Waals surface area contributed by atoms with E-state index in [1.165, 1.54) is 0 Å². The van der Waals surface area contributed by atoms with Gasteiger partial charge in [0.1, 0.15) is 0 Å². The summed E-state index contributed by atoms with van der Waals surface area (Å²) in [5.41, 5.74) is 0. The largest absolute Gasteiger partial charge is 0.381 e. The molecule has 2 aliphatic rings. The minimum absolute atomic E-state index is 0.0533. The summed E-state index contributed by atoms with van der Waals surface area (Å²) in [6, 6.07) is 0.402. The predicted molar refractivity (Wildman–Crippen MR) is 57.4 cm³/mol. The minimum Gasteiger partial charge on any atom is -0.381 e. The van der Waals surface area contributed by atoms with Crippen LogP contribution in [0.4, 0.5) is 0 Å². The standard InChI is InChI=1S/C10H16BrNO2/c1-7-6-14-5-3-9(7)12-4-2-8(11)10(12)13/h7-9H,2-6H2,1H3. The maximum Gasteiger partial charge on any atom is 0.236 e. The summed E-state index contributed by atoms with van der Waals surface area (Å²) in [6.45, 7) is 4.66. The minimum atomic E-state index is 0.0533. The van der Waals surface area contributed by atoms with Gasteiger partial charge in [0.05, 0.1) is 11.4 Å². The van der Waals surface area contributed by atoms with Crippen LogP contribution >= 0.6 is 15.9 Å². The van der Waals surface area contributed by atoms with Gasteiger partial charge in [-0.1, -0.05) is 22.9 Å². The van der Waals surface area contributed by atoms with E-state index in [0.717, 1.165) is 32.6 Å². The Morgan fingerprint density at radius 3 is 2.86 bits per heavy atom. The summed E-state index contributed by atoms with van der Waals surface area (Å²) in [6.07, 6.45) is 1.94. The number of ether oxygens (including phenoxy) is 1. The van der Waals surface area contributed by atoms with Crippen molar-refractivity contribution in [2.24, 2.45) is 5.92 Å². The highest BCUT2D eigenvalue weighted by Crippen LogP contribution is 2.27. The summed E-state index contributed by atoms with van der Waals surface area (Å²) in [4.78, 5) is 13.9.